The highest BCUT2D eigenvalue weighted by molar-refractivity contribution is 6.08. The van der Waals surface area contributed by atoms with Crippen LogP contribution in [0, 0.1) is 13.8 Å². The Bertz CT molecular complexity index is 1480. The normalized spacial score (nSPS) is 14.1. The highest BCUT2D eigenvalue weighted by atomic mass is 16.6. The zero-order valence-electron chi connectivity index (χ0n) is 21.8. The van der Waals surface area contributed by atoms with E-state index in [1.165, 1.54) is 5.56 Å². The lowest BCUT2D eigenvalue weighted by Gasteiger charge is -2.30. The molecule has 4 aromatic rings. The average Bonchev–Trinajstić information content (AvgIpc) is 2.82. The second-order valence-electron chi connectivity index (χ2n) is 10.3. The molecule has 0 bridgehead atoms. The summed E-state index contributed by atoms with van der Waals surface area (Å²) in [5.41, 5.74) is 6.77. The molecule has 6 heteroatoms. The Balaban J connectivity index is 1.89. The molecular weight excluding hydrogens is 452 g/mol. The van der Waals surface area contributed by atoms with Gasteiger partial charge in [0.05, 0.1) is 29.8 Å². The third-order valence-electron chi connectivity index (χ3n) is 6.45. The fraction of sp³-hybridized carbons (Fsp3) is 0.367. The third kappa shape index (κ3) is 4.30. The Morgan fingerprint density at radius 3 is 2.69 bits per heavy atom. The van der Waals surface area contributed by atoms with Crippen LogP contribution in [0.25, 0.3) is 32.9 Å². The number of pyridine rings is 2. The lowest BCUT2D eigenvalue weighted by molar-refractivity contribution is -0.166. The van der Waals surface area contributed by atoms with Gasteiger partial charge in [0.2, 0.25) is 0 Å². The molecule has 2 aromatic heterocycles. The summed E-state index contributed by atoms with van der Waals surface area (Å²) in [5.74, 6) is 0.429. The summed E-state index contributed by atoms with van der Waals surface area (Å²) in [6.07, 6.45) is 1.77. The number of benzene rings is 2. The SMILES string of the molecule is CCOC(=O)[C@@H](OC(C)(C)C)c1c(C)cc2nc(C)ccc2c1-c1ccc2c3c(ccnc13)CCO2. The summed E-state index contributed by atoms with van der Waals surface area (Å²) in [5, 5.41) is 1.96. The molecule has 0 aliphatic carbocycles. The van der Waals surface area contributed by atoms with E-state index in [0.717, 1.165) is 61.9 Å². The summed E-state index contributed by atoms with van der Waals surface area (Å²) in [4.78, 5) is 23.0. The van der Waals surface area contributed by atoms with E-state index in [1.54, 1.807) is 0 Å². The zero-order chi connectivity index (χ0) is 25.6. The van der Waals surface area contributed by atoms with Gasteiger partial charge in [-0.1, -0.05) is 6.07 Å². The number of fused-ring (bicyclic) bond motifs is 1. The van der Waals surface area contributed by atoms with Crippen molar-refractivity contribution in [3.8, 4) is 16.9 Å². The molecule has 0 fully saturated rings. The molecule has 186 valence electrons. The minimum Gasteiger partial charge on any atom is -0.493 e. The first kappa shape index (κ1) is 24.2. The van der Waals surface area contributed by atoms with Crippen LogP contribution in [0.4, 0.5) is 0 Å². The van der Waals surface area contributed by atoms with Crippen molar-refractivity contribution in [1.82, 2.24) is 9.97 Å². The highest BCUT2D eigenvalue weighted by Crippen LogP contribution is 2.45. The van der Waals surface area contributed by atoms with E-state index in [1.807, 2.05) is 72.0 Å². The van der Waals surface area contributed by atoms with Gasteiger partial charge in [-0.3, -0.25) is 9.97 Å². The third-order valence-corrected chi connectivity index (χ3v) is 6.45. The predicted molar refractivity (Wildman–Crippen MR) is 141 cm³/mol. The Hall–Kier alpha value is -3.51. The van der Waals surface area contributed by atoms with Gasteiger partial charge in [-0.2, -0.15) is 0 Å². The van der Waals surface area contributed by atoms with Crippen LogP contribution in [0.5, 0.6) is 5.75 Å². The topological polar surface area (TPSA) is 70.5 Å². The van der Waals surface area contributed by atoms with E-state index in [4.69, 9.17) is 24.2 Å². The number of hydrogen-bond donors (Lipinski definition) is 0. The van der Waals surface area contributed by atoms with Gasteiger partial charge < -0.3 is 14.2 Å². The van der Waals surface area contributed by atoms with Gasteiger partial charge in [0.15, 0.2) is 6.10 Å². The number of hydrogen-bond acceptors (Lipinski definition) is 6. The first-order valence-electron chi connectivity index (χ1n) is 12.5. The van der Waals surface area contributed by atoms with Crippen LogP contribution in [0.2, 0.25) is 0 Å². The Labute approximate surface area is 211 Å². The maximum atomic E-state index is 13.4. The number of nitrogens with zero attached hydrogens (tertiary/aromatic N) is 2. The summed E-state index contributed by atoms with van der Waals surface area (Å²) < 4.78 is 17.9. The molecule has 1 aliphatic rings. The van der Waals surface area contributed by atoms with Gasteiger partial charge >= 0.3 is 5.97 Å². The van der Waals surface area contributed by atoms with Crippen molar-refractivity contribution in [3.63, 3.8) is 0 Å². The first-order chi connectivity index (χ1) is 17.2. The van der Waals surface area contributed by atoms with Gasteiger partial charge in [-0.15, -0.1) is 0 Å². The first-order valence-corrected chi connectivity index (χ1v) is 12.5. The van der Waals surface area contributed by atoms with E-state index in [-0.39, 0.29) is 6.61 Å². The number of carbonyl (C=O) groups excluding carboxylic acids is 1. The van der Waals surface area contributed by atoms with E-state index in [2.05, 4.69) is 12.1 Å². The smallest absolute Gasteiger partial charge is 0.339 e. The largest absolute Gasteiger partial charge is 0.493 e. The van der Waals surface area contributed by atoms with Crippen molar-refractivity contribution in [2.24, 2.45) is 0 Å². The zero-order valence-corrected chi connectivity index (χ0v) is 21.8. The van der Waals surface area contributed by atoms with E-state index < -0.39 is 17.7 Å². The van der Waals surface area contributed by atoms with Gasteiger partial charge in [-0.25, -0.2) is 4.79 Å². The van der Waals surface area contributed by atoms with Crippen LogP contribution in [0.1, 0.15) is 56.2 Å². The van der Waals surface area contributed by atoms with Crippen LogP contribution in [0.15, 0.2) is 42.6 Å². The van der Waals surface area contributed by atoms with Crippen molar-refractivity contribution in [2.75, 3.05) is 13.2 Å². The fourth-order valence-electron chi connectivity index (χ4n) is 5.05. The average molecular weight is 485 g/mol. The van der Waals surface area contributed by atoms with Crippen molar-refractivity contribution in [1.29, 1.82) is 0 Å². The van der Waals surface area contributed by atoms with E-state index in [9.17, 15) is 4.79 Å². The summed E-state index contributed by atoms with van der Waals surface area (Å²) in [6, 6.07) is 12.2. The molecular formula is C30H32N2O4. The molecule has 0 amide bonds. The predicted octanol–water partition coefficient (Wildman–Crippen LogP) is 6.42. The molecule has 0 saturated carbocycles. The van der Waals surface area contributed by atoms with E-state index >= 15 is 0 Å². The minimum absolute atomic E-state index is 0.269. The van der Waals surface area contributed by atoms with Gasteiger partial charge in [0, 0.05) is 40.2 Å². The lowest BCUT2D eigenvalue weighted by atomic mass is 9.86. The standard InChI is InChI=1S/C30H32N2O4/c1-7-34-29(33)28(36-30(4,5)6)24-17(2)16-22-20(9-8-18(3)32-22)26(24)21-10-11-23-25-19(13-15-35-23)12-14-31-27(21)25/h8-12,14,16,28H,7,13,15H2,1-6H3/t28-/m0/s1. The second-order valence-corrected chi connectivity index (χ2v) is 10.3. The molecule has 3 heterocycles. The molecule has 36 heavy (non-hydrogen) atoms. The van der Waals surface area contributed by atoms with Crippen LogP contribution in [-0.2, 0) is 20.7 Å². The Morgan fingerprint density at radius 1 is 1.14 bits per heavy atom. The van der Waals surface area contributed by atoms with Crippen molar-refractivity contribution < 1.29 is 19.0 Å². The molecule has 1 aliphatic heterocycles. The maximum Gasteiger partial charge on any atom is 0.339 e. The Kier molecular flexibility index (Phi) is 6.17. The second kappa shape index (κ2) is 9.17. The monoisotopic (exact) mass is 484 g/mol. The molecule has 0 saturated heterocycles. The van der Waals surface area contributed by atoms with Crippen LogP contribution >= 0.6 is 0 Å². The fourth-order valence-corrected chi connectivity index (χ4v) is 5.05. The lowest BCUT2D eigenvalue weighted by Crippen LogP contribution is -2.29. The molecule has 0 radical (unpaired) electrons. The number of esters is 1. The van der Waals surface area contributed by atoms with Crippen LogP contribution in [-0.4, -0.2) is 34.8 Å². The van der Waals surface area contributed by atoms with Gasteiger partial charge in [-0.05, 0) is 88.6 Å². The molecule has 5 rings (SSSR count). The molecule has 0 N–H and O–H groups in total. The van der Waals surface area contributed by atoms with Crippen molar-refractivity contribution in [2.45, 2.75) is 59.7 Å². The molecule has 6 nitrogen and oxygen atoms in total. The Morgan fingerprint density at radius 2 is 1.94 bits per heavy atom. The summed E-state index contributed by atoms with van der Waals surface area (Å²) >= 11 is 0. The number of aryl methyl sites for hydroxylation is 2. The number of aromatic nitrogens is 2. The molecule has 0 spiro atoms. The molecule has 1 atom stereocenters. The van der Waals surface area contributed by atoms with Crippen molar-refractivity contribution >= 4 is 27.8 Å². The summed E-state index contributed by atoms with van der Waals surface area (Å²) in [6.45, 7) is 12.5. The van der Waals surface area contributed by atoms with E-state index in [0.29, 0.717) is 6.61 Å². The number of rotatable bonds is 5. The van der Waals surface area contributed by atoms with Gasteiger partial charge in [0.25, 0.3) is 0 Å². The van der Waals surface area contributed by atoms with Crippen molar-refractivity contribution in [3.05, 3.63) is 65.0 Å². The summed E-state index contributed by atoms with van der Waals surface area (Å²) in [7, 11) is 0. The van der Waals surface area contributed by atoms with Crippen LogP contribution < -0.4 is 4.74 Å². The highest BCUT2D eigenvalue weighted by Gasteiger charge is 2.34. The minimum atomic E-state index is -0.910. The number of ether oxygens (including phenoxy) is 3. The quantitative estimate of drug-likeness (QED) is 0.304. The molecule has 2 aromatic carbocycles. The molecule has 0 unspecified atom stereocenters. The maximum absolute atomic E-state index is 13.4. The number of carbonyl (C=O) groups is 1. The van der Waals surface area contributed by atoms with Gasteiger partial charge in [0.1, 0.15) is 5.75 Å². The van der Waals surface area contributed by atoms with Crippen LogP contribution in [0.3, 0.4) is 0 Å².